The van der Waals surface area contributed by atoms with Gasteiger partial charge in [-0.05, 0) is 48.7 Å². The first-order chi connectivity index (χ1) is 13.2. The van der Waals surface area contributed by atoms with E-state index in [2.05, 4.69) is 15.6 Å². The first-order valence-electron chi connectivity index (χ1n) is 8.53. The minimum Gasteiger partial charge on any atom is -0.349 e. The number of rotatable bonds is 6. The second-order valence-corrected chi connectivity index (χ2v) is 7.89. The van der Waals surface area contributed by atoms with Crippen molar-refractivity contribution in [1.82, 2.24) is 14.9 Å². The van der Waals surface area contributed by atoms with Crippen LogP contribution in [0, 0.1) is 0 Å². The highest BCUT2D eigenvalue weighted by Gasteiger charge is 2.25. The number of hydrogen-bond acceptors (Lipinski definition) is 5. The highest BCUT2D eigenvalue weighted by Crippen LogP contribution is 2.26. The predicted molar refractivity (Wildman–Crippen MR) is 108 cm³/mol. The third kappa shape index (κ3) is 3.91. The molecule has 8 heteroatoms. The smallest absolute Gasteiger partial charge is 0.256 e. The van der Waals surface area contributed by atoms with E-state index in [4.69, 9.17) is 0 Å². The van der Waals surface area contributed by atoms with Gasteiger partial charge in [0.2, 0.25) is 0 Å². The van der Waals surface area contributed by atoms with Gasteiger partial charge in [-0.3, -0.25) is 14.2 Å². The van der Waals surface area contributed by atoms with E-state index in [0.29, 0.717) is 16.1 Å². The van der Waals surface area contributed by atoms with Crippen LogP contribution >= 0.6 is 23.1 Å². The zero-order valence-corrected chi connectivity index (χ0v) is 16.3. The van der Waals surface area contributed by atoms with Crippen molar-refractivity contribution in [1.29, 1.82) is 0 Å². The molecule has 2 aromatic heterocycles. The third-order valence-electron chi connectivity index (χ3n) is 4.23. The monoisotopic (exact) mass is 398 g/mol. The molecule has 0 aliphatic heterocycles. The van der Waals surface area contributed by atoms with Gasteiger partial charge in [0.1, 0.15) is 5.00 Å². The van der Waals surface area contributed by atoms with Crippen molar-refractivity contribution in [2.75, 3.05) is 11.6 Å². The Morgan fingerprint density at radius 3 is 2.89 bits per heavy atom. The minimum atomic E-state index is -0.245. The number of thiophene rings is 1. The number of thioether (sulfide) groups is 1. The maximum atomic E-state index is 12.7. The van der Waals surface area contributed by atoms with Crippen molar-refractivity contribution in [3.8, 4) is 5.69 Å². The van der Waals surface area contributed by atoms with Gasteiger partial charge in [0, 0.05) is 29.7 Å². The number of nitrogens with zero attached hydrogens (tertiary/aromatic N) is 2. The quantitative estimate of drug-likeness (QED) is 0.619. The lowest BCUT2D eigenvalue weighted by molar-refractivity contribution is 0.0952. The molecule has 27 heavy (non-hydrogen) atoms. The molecule has 6 nitrogen and oxygen atoms in total. The van der Waals surface area contributed by atoms with Crippen LogP contribution in [0.5, 0.6) is 0 Å². The molecule has 1 aromatic carbocycles. The standard InChI is InChI=1S/C19H18N4O2S2/c1-26-19-20-8-9-23(19)14-4-2-3-12(11-14)16(24)22-18-15(7-10-27-18)17(25)21-13-5-6-13/h2-4,7-11,13H,5-6H2,1H3,(H,21,25)(H,22,24). The van der Waals surface area contributed by atoms with Crippen LogP contribution in [0.15, 0.2) is 53.3 Å². The Bertz CT molecular complexity index is 991. The summed E-state index contributed by atoms with van der Waals surface area (Å²) in [7, 11) is 0. The first-order valence-corrected chi connectivity index (χ1v) is 10.6. The summed E-state index contributed by atoms with van der Waals surface area (Å²) in [6, 6.07) is 9.35. The molecule has 1 aliphatic rings. The normalized spacial score (nSPS) is 13.4. The van der Waals surface area contributed by atoms with Gasteiger partial charge in [0.25, 0.3) is 11.8 Å². The largest absolute Gasteiger partial charge is 0.349 e. The van der Waals surface area contributed by atoms with Gasteiger partial charge in [0.05, 0.1) is 5.56 Å². The summed E-state index contributed by atoms with van der Waals surface area (Å²) in [6.45, 7) is 0. The number of benzene rings is 1. The van der Waals surface area contributed by atoms with E-state index >= 15 is 0 Å². The Labute approximate surface area is 165 Å². The molecule has 2 heterocycles. The Morgan fingerprint density at radius 2 is 2.11 bits per heavy atom. The van der Waals surface area contributed by atoms with Crippen LogP contribution in [-0.2, 0) is 0 Å². The number of amides is 2. The third-order valence-corrected chi connectivity index (χ3v) is 5.72. The molecule has 2 amide bonds. The number of carbonyl (C=O) groups excluding carboxylic acids is 2. The van der Waals surface area contributed by atoms with Gasteiger partial charge in [-0.25, -0.2) is 4.98 Å². The topological polar surface area (TPSA) is 76.0 Å². The summed E-state index contributed by atoms with van der Waals surface area (Å²) in [5, 5.41) is 9.05. The Morgan fingerprint density at radius 1 is 1.26 bits per heavy atom. The number of carbonyl (C=O) groups is 2. The minimum absolute atomic E-state index is 0.133. The maximum Gasteiger partial charge on any atom is 0.256 e. The van der Waals surface area contributed by atoms with E-state index in [9.17, 15) is 9.59 Å². The predicted octanol–water partition coefficient (Wildman–Crippen LogP) is 3.80. The molecule has 0 spiro atoms. The molecule has 1 saturated carbocycles. The lowest BCUT2D eigenvalue weighted by Crippen LogP contribution is -2.26. The van der Waals surface area contributed by atoms with Crippen LogP contribution in [0.2, 0.25) is 0 Å². The second-order valence-electron chi connectivity index (χ2n) is 6.20. The number of hydrogen-bond donors (Lipinski definition) is 2. The van der Waals surface area contributed by atoms with Crippen molar-refractivity contribution in [3.63, 3.8) is 0 Å². The first kappa shape index (κ1) is 17.8. The van der Waals surface area contributed by atoms with Crippen LogP contribution in [0.4, 0.5) is 5.00 Å². The molecular weight excluding hydrogens is 380 g/mol. The molecule has 0 atom stereocenters. The van der Waals surface area contributed by atoms with Gasteiger partial charge < -0.3 is 10.6 Å². The number of nitrogens with one attached hydrogen (secondary N) is 2. The molecule has 3 aromatic rings. The molecule has 0 saturated heterocycles. The van der Waals surface area contributed by atoms with Crippen LogP contribution in [-0.4, -0.2) is 33.7 Å². The SMILES string of the molecule is CSc1nccn1-c1cccc(C(=O)Nc2sccc2C(=O)NC2CC2)c1. The highest BCUT2D eigenvalue weighted by atomic mass is 32.2. The average Bonchev–Trinajstić information content (AvgIpc) is 3.18. The van der Waals surface area contributed by atoms with E-state index in [-0.39, 0.29) is 17.9 Å². The average molecular weight is 399 g/mol. The van der Waals surface area contributed by atoms with E-state index in [0.717, 1.165) is 23.7 Å². The fraction of sp³-hybridized carbons (Fsp3) is 0.211. The van der Waals surface area contributed by atoms with Crippen LogP contribution in [0.1, 0.15) is 33.6 Å². The fourth-order valence-corrected chi connectivity index (χ4v) is 3.99. The second kappa shape index (κ2) is 7.58. The van der Waals surface area contributed by atoms with Crippen molar-refractivity contribution >= 4 is 39.9 Å². The molecule has 0 bridgehead atoms. The lowest BCUT2D eigenvalue weighted by Gasteiger charge is -2.10. The fourth-order valence-electron chi connectivity index (χ4n) is 2.69. The van der Waals surface area contributed by atoms with Gasteiger partial charge in [0.15, 0.2) is 5.16 Å². The number of imidazole rings is 1. The number of aromatic nitrogens is 2. The Hall–Kier alpha value is -2.58. The van der Waals surface area contributed by atoms with Gasteiger partial charge >= 0.3 is 0 Å². The van der Waals surface area contributed by atoms with E-state index < -0.39 is 0 Å². The summed E-state index contributed by atoms with van der Waals surface area (Å²) < 4.78 is 1.93. The van der Waals surface area contributed by atoms with Crippen LogP contribution in [0.3, 0.4) is 0 Å². The molecule has 1 fully saturated rings. The Balaban J connectivity index is 1.53. The summed E-state index contributed by atoms with van der Waals surface area (Å²) in [4.78, 5) is 29.3. The molecule has 2 N–H and O–H groups in total. The van der Waals surface area contributed by atoms with E-state index in [1.165, 1.54) is 23.1 Å². The molecule has 4 rings (SSSR count). The Kier molecular flexibility index (Phi) is 5.00. The summed E-state index contributed by atoms with van der Waals surface area (Å²) in [5.74, 6) is -0.378. The maximum absolute atomic E-state index is 12.7. The van der Waals surface area contributed by atoms with Gasteiger partial charge in [-0.2, -0.15) is 0 Å². The van der Waals surface area contributed by atoms with E-state index in [1.807, 2.05) is 40.6 Å². The van der Waals surface area contributed by atoms with Gasteiger partial charge in [-0.15, -0.1) is 11.3 Å². The summed E-state index contributed by atoms with van der Waals surface area (Å²) in [5.41, 5.74) is 1.90. The zero-order valence-electron chi connectivity index (χ0n) is 14.6. The summed E-state index contributed by atoms with van der Waals surface area (Å²) >= 11 is 2.88. The lowest BCUT2D eigenvalue weighted by atomic mass is 10.2. The molecule has 0 unspecified atom stereocenters. The highest BCUT2D eigenvalue weighted by molar-refractivity contribution is 7.98. The summed E-state index contributed by atoms with van der Waals surface area (Å²) in [6.07, 6.45) is 7.60. The zero-order chi connectivity index (χ0) is 18.8. The van der Waals surface area contributed by atoms with Crippen molar-refractivity contribution in [3.05, 3.63) is 59.2 Å². The van der Waals surface area contributed by atoms with Crippen molar-refractivity contribution in [2.45, 2.75) is 24.0 Å². The van der Waals surface area contributed by atoms with Crippen LogP contribution < -0.4 is 10.6 Å². The molecule has 138 valence electrons. The molecule has 0 radical (unpaired) electrons. The van der Waals surface area contributed by atoms with Crippen molar-refractivity contribution in [2.24, 2.45) is 0 Å². The van der Waals surface area contributed by atoms with E-state index in [1.54, 1.807) is 18.3 Å². The molecular formula is C19H18N4O2S2. The van der Waals surface area contributed by atoms with Crippen molar-refractivity contribution < 1.29 is 9.59 Å². The van der Waals surface area contributed by atoms with Crippen LogP contribution in [0.25, 0.3) is 5.69 Å². The van der Waals surface area contributed by atoms with Gasteiger partial charge in [-0.1, -0.05) is 17.8 Å². The molecule has 1 aliphatic carbocycles. The number of anilines is 1.